The van der Waals surface area contributed by atoms with Gasteiger partial charge in [-0.25, -0.2) is 17.8 Å². The van der Waals surface area contributed by atoms with Gasteiger partial charge < -0.3 is 14.6 Å². The van der Waals surface area contributed by atoms with E-state index in [2.05, 4.69) is 15.0 Å². The average Bonchev–Trinajstić information content (AvgIpc) is 3.34. The number of aromatic nitrogens is 2. The highest BCUT2D eigenvalue weighted by atomic mass is 32.2. The summed E-state index contributed by atoms with van der Waals surface area (Å²) in [6.45, 7) is 1.69. The second kappa shape index (κ2) is 9.36. The van der Waals surface area contributed by atoms with E-state index in [1.165, 1.54) is 48.5 Å². The van der Waals surface area contributed by atoms with Crippen molar-refractivity contribution in [2.45, 2.75) is 11.8 Å². The summed E-state index contributed by atoms with van der Waals surface area (Å²) in [5, 5.41) is 2.62. The molecule has 3 aromatic carbocycles. The number of nitrogens with zero attached hydrogens (tertiary/aromatic N) is 2. The first-order valence-electron chi connectivity index (χ1n) is 10.1. The Kier molecular flexibility index (Phi) is 6.33. The first kappa shape index (κ1) is 23.0. The minimum absolute atomic E-state index is 0.0827. The Bertz CT molecular complexity index is 1440. The number of anilines is 2. The Hall–Kier alpha value is -4.18. The van der Waals surface area contributed by atoms with Crippen molar-refractivity contribution >= 4 is 27.3 Å². The zero-order valence-corrected chi connectivity index (χ0v) is 19.1. The number of carbonyl (C=O) groups is 1. The van der Waals surface area contributed by atoms with E-state index in [-0.39, 0.29) is 21.8 Å². The Balaban J connectivity index is 1.55. The first-order valence-corrected chi connectivity index (χ1v) is 11.6. The molecule has 4 aromatic rings. The normalized spacial score (nSPS) is 11.1. The monoisotopic (exact) mass is 480 g/mol. The van der Waals surface area contributed by atoms with Gasteiger partial charge in [0, 0.05) is 29.3 Å². The molecule has 0 radical (unpaired) electrons. The van der Waals surface area contributed by atoms with E-state index in [9.17, 15) is 17.6 Å². The molecule has 0 fully saturated rings. The van der Waals surface area contributed by atoms with Crippen LogP contribution in [0.25, 0.3) is 5.69 Å². The number of ether oxygens (including phenoxy) is 1. The number of nitrogens with one attached hydrogen (secondary N) is 2. The van der Waals surface area contributed by atoms with E-state index in [0.717, 1.165) is 0 Å². The smallest absolute Gasteiger partial charge is 0.261 e. The van der Waals surface area contributed by atoms with Gasteiger partial charge in [0.15, 0.2) is 0 Å². The molecule has 0 atom stereocenters. The summed E-state index contributed by atoms with van der Waals surface area (Å²) in [4.78, 5) is 16.7. The van der Waals surface area contributed by atoms with Crippen molar-refractivity contribution in [1.29, 1.82) is 0 Å². The summed E-state index contributed by atoms with van der Waals surface area (Å²) in [5.41, 5.74) is 1.58. The van der Waals surface area contributed by atoms with Gasteiger partial charge in [0.2, 0.25) is 0 Å². The number of sulfonamides is 1. The number of hydrogen-bond donors (Lipinski definition) is 2. The fraction of sp³-hybridized carbons (Fsp3) is 0.0833. The van der Waals surface area contributed by atoms with Crippen molar-refractivity contribution in [2.24, 2.45) is 0 Å². The van der Waals surface area contributed by atoms with Crippen LogP contribution in [0.4, 0.5) is 15.8 Å². The molecular formula is C24H21FN4O4S. The Morgan fingerprint density at radius 1 is 1.03 bits per heavy atom. The molecule has 174 valence electrons. The van der Waals surface area contributed by atoms with Crippen molar-refractivity contribution in [3.8, 4) is 11.4 Å². The van der Waals surface area contributed by atoms with Crippen LogP contribution in [0.15, 0.2) is 84.3 Å². The molecule has 34 heavy (non-hydrogen) atoms. The summed E-state index contributed by atoms with van der Waals surface area (Å²) in [6, 6.07) is 14.9. The number of benzene rings is 3. The van der Waals surface area contributed by atoms with Crippen LogP contribution < -0.4 is 14.8 Å². The van der Waals surface area contributed by atoms with Crippen LogP contribution >= 0.6 is 0 Å². The minimum atomic E-state index is -3.96. The van der Waals surface area contributed by atoms with Crippen molar-refractivity contribution in [3.63, 3.8) is 0 Å². The maximum atomic E-state index is 14.5. The van der Waals surface area contributed by atoms with Crippen LogP contribution in [0.2, 0.25) is 0 Å². The lowest BCUT2D eigenvalue weighted by atomic mass is 10.1. The molecule has 0 aliphatic rings. The number of hydrogen-bond acceptors (Lipinski definition) is 5. The highest BCUT2D eigenvalue weighted by molar-refractivity contribution is 7.92. The lowest BCUT2D eigenvalue weighted by Gasteiger charge is -2.13. The molecule has 0 bridgehead atoms. The van der Waals surface area contributed by atoms with E-state index >= 15 is 0 Å². The quantitative estimate of drug-likeness (QED) is 0.409. The molecule has 0 saturated carbocycles. The molecule has 8 nitrogen and oxygen atoms in total. The number of methoxy groups -OCH3 is 1. The number of rotatable bonds is 7. The molecule has 1 heterocycles. The van der Waals surface area contributed by atoms with Crippen molar-refractivity contribution in [1.82, 2.24) is 9.55 Å². The molecular weight excluding hydrogens is 459 g/mol. The molecule has 4 rings (SSSR count). The molecule has 0 spiro atoms. The zero-order chi connectivity index (χ0) is 24.3. The number of amides is 1. The fourth-order valence-electron chi connectivity index (χ4n) is 3.28. The number of imidazole rings is 1. The lowest BCUT2D eigenvalue weighted by molar-refractivity contribution is 0.102. The second-order valence-corrected chi connectivity index (χ2v) is 9.08. The summed E-state index contributed by atoms with van der Waals surface area (Å²) < 4.78 is 49.3. The standard InChI is InChI=1S/C24H21FN4O4S/c1-16-3-9-20(34(31,32)28-17-4-7-19(33-2)8-5-17)14-21(16)24(30)27-18-6-10-23(22(25)13-18)29-12-11-26-15-29/h3-15,28H,1-2H3,(H,27,30). The molecule has 0 aliphatic carbocycles. The lowest BCUT2D eigenvalue weighted by Crippen LogP contribution is -2.17. The van der Waals surface area contributed by atoms with Crippen LogP contribution in [0.3, 0.4) is 0 Å². The summed E-state index contributed by atoms with van der Waals surface area (Å²) in [5.74, 6) is -0.520. The van der Waals surface area contributed by atoms with Gasteiger partial charge in [0.05, 0.1) is 24.0 Å². The summed E-state index contributed by atoms with van der Waals surface area (Å²) >= 11 is 0. The van der Waals surface area contributed by atoms with Crippen LogP contribution in [0, 0.1) is 12.7 Å². The zero-order valence-electron chi connectivity index (χ0n) is 18.3. The highest BCUT2D eigenvalue weighted by Crippen LogP contribution is 2.23. The van der Waals surface area contributed by atoms with Crippen LogP contribution in [0.5, 0.6) is 5.75 Å². The van der Waals surface area contributed by atoms with Gasteiger partial charge in [-0.05, 0) is 67.1 Å². The Morgan fingerprint density at radius 2 is 1.76 bits per heavy atom. The van der Waals surface area contributed by atoms with Crippen LogP contribution in [0.1, 0.15) is 15.9 Å². The number of aryl methyl sites for hydroxylation is 1. The molecule has 1 amide bonds. The third kappa shape index (κ3) is 4.91. The third-order valence-corrected chi connectivity index (χ3v) is 6.47. The molecule has 1 aromatic heterocycles. The molecule has 0 aliphatic heterocycles. The van der Waals surface area contributed by atoms with Gasteiger partial charge in [-0.2, -0.15) is 0 Å². The molecule has 0 unspecified atom stereocenters. The van der Waals surface area contributed by atoms with E-state index < -0.39 is 21.7 Å². The van der Waals surface area contributed by atoms with E-state index in [0.29, 0.717) is 17.0 Å². The van der Waals surface area contributed by atoms with Gasteiger partial charge in [0.1, 0.15) is 11.6 Å². The molecule has 0 saturated heterocycles. The maximum Gasteiger partial charge on any atom is 0.261 e. The van der Waals surface area contributed by atoms with Gasteiger partial charge in [0.25, 0.3) is 15.9 Å². The van der Waals surface area contributed by atoms with E-state index in [4.69, 9.17) is 4.74 Å². The fourth-order valence-corrected chi connectivity index (χ4v) is 4.36. The largest absolute Gasteiger partial charge is 0.497 e. The van der Waals surface area contributed by atoms with E-state index in [1.54, 1.807) is 49.5 Å². The summed E-state index contributed by atoms with van der Waals surface area (Å²) in [6.07, 6.45) is 4.60. The van der Waals surface area contributed by atoms with Crippen molar-refractivity contribution in [2.75, 3.05) is 17.1 Å². The SMILES string of the molecule is COc1ccc(NS(=O)(=O)c2ccc(C)c(C(=O)Nc3ccc(-n4ccnc4)c(F)c3)c2)cc1. The molecule has 2 N–H and O–H groups in total. The highest BCUT2D eigenvalue weighted by Gasteiger charge is 2.19. The third-order valence-electron chi connectivity index (χ3n) is 5.09. The van der Waals surface area contributed by atoms with E-state index in [1.807, 2.05) is 0 Å². The van der Waals surface area contributed by atoms with Crippen LogP contribution in [-0.4, -0.2) is 31.0 Å². The summed E-state index contributed by atoms with van der Waals surface area (Å²) in [7, 11) is -2.44. The number of halogens is 1. The Morgan fingerprint density at radius 3 is 2.41 bits per heavy atom. The van der Waals surface area contributed by atoms with Gasteiger partial charge in [-0.15, -0.1) is 0 Å². The minimum Gasteiger partial charge on any atom is -0.497 e. The predicted molar refractivity (Wildman–Crippen MR) is 126 cm³/mol. The predicted octanol–water partition coefficient (Wildman–Crippen LogP) is 4.38. The topological polar surface area (TPSA) is 102 Å². The second-order valence-electron chi connectivity index (χ2n) is 7.40. The van der Waals surface area contributed by atoms with Crippen molar-refractivity contribution < 1.29 is 22.3 Å². The maximum absolute atomic E-state index is 14.5. The average molecular weight is 481 g/mol. The molecule has 10 heteroatoms. The van der Waals surface area contributed by atoms with Gasteiger partial charge in [-0.1, -0.05) is 6.07 Å². The Labute approximate surface area is 196 Å². The number of carbonyl (C=O) groups excluding carboxylic acids is 1. The van der Waals surface area contributed by atoms with Crippen molar-refractivity contribution in [3.05, 3.63) is 96.3 Å². The van der Waals surface area contributed by atoms with Gasteiger partial charge >= 0.3 is 0 Å². The first-order chi connectivity index (χ1) is 16.3. The van der Waals surface area contributed by atoms with Gasteiger partial charge in [-0.3, -0.25) is 9.52 Å². The van der Waals surface area contributed by atoms with Crippen LogP contribution in [-0.2, 0) is 10.0 Å².